The first-order valence-electron chi connectivity index (χ1n) is 6.17. The average Bonchev–Trinajstić information content (AvgIpc) is 2.42. The topological polar surface area (TPSA) is 82.0 Å². The van der Waals surface area contributed by atoms with Crippen LogP contribution in [0.5, 0.6) is 11.5 Å². The summed E-state index contributed by atoms with van der Waals surface area (Å²) in [6.07, 6.45) is -0.0200. The van der Waals surface area contributed by atoms with E-state index in [0.717, 1.165) is 13.1 Å². The number of hydrogen-bond donors (Lipinski definition) is 3. The van der Waals surface area contributed by atoms with Gasteiger partial charge in [0.2, 0.25) is 0 Å². The van der Waals surface area contributed by atoms with Gasteiger partial charge in [-0.2, -0.15) is 0 Å². The molecule has 2 rings (SSSR count). The zero-order chi connectivity index (χ0) is 13.8. The van der Waals surface area contributed by atoms with Crippen molar-refractivity contribution in [1.82, 2.24) is 10.2 Å². The minimum atomic E-state index is -0.296. The van der Waals surface area contributed by atoms with Gasteiger partial charge in [0.05, 0.1) is 12.7 Å². The summed E-state index contributed by atoms with van der Waals surface area (Å²) in [5.74, 6) is -0.752. The summed E-state index contributed by atoms with van der Waals surface area (Å²) in [4.78, 5) is 13.7. The first kappa shape index (κ1) is 13.6. The molecule has 0 aromatic heterocycles. The zero-order valence-corrected chi connectivity index (χ0v) is 10.8. The van der Waals surface area contributed by atoms with Crippen LogP contribution in [0.25, 0.3) is 0 Å². The monoisotopic (exact) mass is 266 g/mol. The average molecular weight is 266 g/mol. The maximum Gasteiger partial charge on any atom is 0.253 e. The summed E-state index contributed by atoms with van der Waals surface area (Å²) >= 11 is 0. The molecular formula is C13H18N2O4. The van der Waals surface area contributed by atoms with Crippen LogP contribution < -0.4 is 5.32 Å². The van der Waals surface area contributed by atoms with Gasteiger partial charge < -0.3 is 25.2 Å². The molecule has 1 unspecified atom stereocenters. The Morgan fingerprint density at radius 1 is 1.47 bits per heavy atom. The Hall–Kier alpha value is -1.79. The van der Waals surface area contributed by atoms with E-state index in [2.05, 4.69) is 5.32 Å². The van der Waals surface area contributed by atoms with Crippen LogP contribution in [0.3, 0.4) is 0 Å². The van der Waals surface area contributed by atoms with Crippen molar-refractivity contribution < 1.29 is 19.7 Å². The number of rotatable bonds is 3. The van der Waals surface area contributed by atoms with E-state index >= 15 is 0 Å². The summed E-state index contributed by atoms with van der Waals surface area (Å²) in [6.45, 7) is 2.68. The first-order chi connectivity index (χ1) is 9.08. The fraction of sp³-hybridized carbons (Fsp3) is 0.462. The van der Waals surface area contributed by atoms with Crippen LogP contribution in [0, 0.1) is 0 Å². The lowest BCUT2D eigenvalue weighted by molar-refractivity contribution is 0.0104. The van der Waals surface area contributed by atoms with Crippen molar-refractivity contribution in [1.29, 1.82) is 0 Å². The van der Waals surface area contributed by atoms with Crippen molar-refractivity contribution in [3.05, 3.63) is 23.8 Å². The number of likely N-dealkylation sites (N-methyl/N-ethyl adjacent to an activating group) is 1. The standard InChI is InChI=1S/C13H18N2O4/c1-15(8-10-7-14-4-5-19-10)13(18)9-2-3-11(16)12(17)6-9/h2-3,6,10,14,16-17H,4-5,7-8H2,1H3. The fourth-order valence-corrected chi connectivity index (χ4v) is 2.00. The van der Waals surface area contributed by atoms with Crippen LogP contribution in [0.1, 0.15) is 10.4 Å². The highest BCUT2D eigenvalue weighted by atomic mass is 16.5. The van der Waals surface area contributed by atoms with E-state index in [1.54, 1.807) is 11.9 Å². The molecule has 19 heavy (non-hydrogen) atoms. The second-order valence-corrected chi connectivity index (χ2v) is 4.59. The van der Waals surface area contributed by atoms with Gasteiger partial charge in [-0.15, -0.1) is 0 Å². The van der Waals surface area contributed by atoms with Gasteiger partial charge in [-0.1, -0.05) is 0 Å². The minimum Gasteiger partial charge on any atom is -0.504 e. The minimum absolute atomic E-state index is 0.0200. The number of ether oxygens (including phenoxy) is 1. The third-order valence-corrected chi connectivity index (χ3v) is 3.05. The summed E-state index contributed by atoms with van der Waals surface area (Å²) < 4.78 is 5.53. The van der Waals surface area contributed by atoms with Gasteiger partial charge in [-0.3, -0.25) is 4.79 Å². The third-order valence-electron chi connectivity index (χ3n) is 3.05. The lowest BCUT2D eigenvalue weighted by Gasteiger charge is -2.28. The number of nitrogens with zero attached hydrogens (tertiary/aromatic N) is 1. The number of carbonyl (C=O) groups excluding carboxylic acids is 1. The van der Waals surface area contributed by atoms with Crippen molar-refractivity contribution in [2.45, 2.75) is 6.10 Å². The molecule has 6 heteroatoms. The normalized spacial score (nSPS) is 19.1. The number of phenolic OH excluding ortho intramolecular Hbond substituents is 2. The van der Waals surface area contributed by atoms with E-state index < -0.39 is 0 Å². The lowest BCUT2D eigenvalue weighted by Crippen LogP contribution is -2.45. The van der Waals surface area contributed by atoms with Gasteiger partial charge in [-0.05, 0) is 18.2 Å². The van der Waals surface area contributed by atoms with E-state index in [1.807, 2.05) is 0 Å². The van der Waals surface area contributed by atoms with E-state index in [4.69, 9.17) is 4.74 Å². The molecule has 1 aliphatic rings. The lowest BCUT2D eigenvalue weighted by atomic mass is 10.1. The van der Waals surface area contributed by atoms with Gasteiger partial charge in [0.15, 0.2) is 11.5 Å². The van der Waals surface area contributed by atoms with Crippen LogP contribution in [0.2, 0.25) is 0 Å². The molecule has 0 bridgehead atoms. The molecule has 0 spiro atoms. The Bertz CT molecular complexity index is 458. The first-order valence-corrected chi connectivity index (χ1v) is 6.17. The number of aromatic hydroxyl groups is 2. The Kier molecular flexibility index (Phi) is 4.24. The Morgan fingerprint density at radius 3 is 2.89 bits per heavy atom. The molecule has 1 amide bonds. The van der Waals surface area contributed by atoms with E-state index in [9.17, 15) is 15.0 Å². The summed E-state index contributed by atoms with van der Waals surface area (Å²) in [6, 6.07) is 4.04. The van der Waals surface area contributed by atoms with E-state index in [1.165, 1.54) is 18.2 Å². The molecule has 0 saturated carbocycles. The second kappa shape index (κ2) is 5.90. The fourth-order valence-electron chi connectivity index (χ4n) is 2.00. The maximum atomic E-state index is 12.1. The van der Waals surface area contributed by atoms with Crippen LogP contribution >= 0.6 is 0 Å². The highest BCUT2D eigenvalue weighted by Crippen LogP contribution is 2.25. The largest absolute Gasteiger partial charge is 0.504 e. The number of benzene rings is 1. The van der Waals surface area contributed by atoms with Crippen LogP contribution in [0.4, 0.5) is 0 Å². The van der Waals surface area contributed by atoms with Crippen molar-refractivity contribution in [2.75, 3.05) is 33.3 Å². The number of amides is 1. The Balaban J connectivity index is 1.99. The van der Waals surface area contributed by atoms with Crippen LogP contribution in [0.15, 0.2) is 18.2 Å². The molecule has 104 valence electrons. The quantitative estimate of drug-likeness (QED) is 0.679. The molecule has 1 aromatic carbocycles. The van der Waals surface area contributed by atoms with E-state index in [-0.39, 0.29) is 23.5 Å². The second-order valence-electron chi connectivity index (χ2n) is 4.59. The number of morpholine rings is 1. The number of hydrogen-bond acceptors (Lipinski definition) is 5. The molecule has 3 N–H and O–H groups in total. The Morgan fingerprint density at radius 2 is 2.26 bits per heavy atom. The maximum absolute atomic E-state index is 12.1. The molecule has 0 radical (unpaired) electrons. The van der Waals surface area contributed by atoms with E-state index in [0.29, 0.717) is 18.7 Å². The molecule has 1 fully saturated rings. The summed E-state index contributed by atoms with van der Waals surface area (Å²) in [5.41, 5.74) is 0.335. The van der Waals surface area contributed by atoms with Crippen molar-refractivity contribution >= 4 is 5.91 Å². The van der Waals surface area contributed by atoms with Gasteiger partial charge in [0.25, 0.3) is 5.91 Å². The predicted octanol–water partition coefficient (Wildman–Crippen LogP) is 0.158. The van der Waals surface area contributed by atoms with Gasteiger partial charge in [0, 0.05) is 32.2 Å². The smallest absolute Gasteiger partial charge is 0.253 e. The molecule has 1 saturated heterocycles. The summed E-state index contributed by atoms with van der Waals surface area (Å²) in [7, 11) is 1.68. The molecule has 1 heterocycles. The van der Waals surface area contributed by atoms with Crippen molar-refractivity contribution in [3.8, 4) is 11.5 Å². The molecule has 6 nitrogen and oxygen atoms in total. The molecule has 1 aliphatic heterocycles. The predicted molar refractivity (Wildman–Crippen MR) is 69.3 cm³/mol. The Labute approximate surface area is 111 Å². The molecule has 1 aromatic rings. The van der Waals surface area contributed by atoms with Gasteiger partial charge in [0.1, 0.15) is 0 Å². The highest BCUT2D eigenvalue weighted by molar-refractivity contribution is 5.94. The summed E-state index contributed by atoms with van der Waals surface area (Å²) in [5, 5.41) is 21.8. The number of phenols is 2. The van der Waals surface area contributed by atoms with Crippen molar-refractivity contribution in [2.24, 2.45) is 0 Å². The number of carbonyl (C=O) groups is 1. The van der Waals surface area contributed by atoms with Crippen LogP contribution in [-0.2, 0) is 4.74 Å². The van der Waals surface area contributed by atoms with Crippen molar-refractivity contribution in [3.63, 3.8) is 0 Å². The zero-order valence-electron chi connectivity index (χ0n) is 10.8. The highest BCUT2D eigenvalue weighted by Gasteiger charge is 2.20. The molecule has 0 aliphatic carbocycles. The molecule has 1 atom stereocenters. The van der Waals surface area contributed by atoms with Gasteiger partial charge >= 0.3 is 0 Å². The van der Waals surface area contributed by atoms with Crippen LogP contribution in [-0.4, -0.2) is 60.4 Å². The van der Waals surface area contributed by atoms with Gasteiger partial charge in [-0.25, -0.2) is 0 Å². The third kappa shape index (κ3) is 3.36. The molecular weight excluding hydrogens is 248 g/mol. The SMILES string of the molecule is CN(CC1CNCCO1)C(=O)c1ccc(O)c(O)c1. The number of nitrogens with one attached hydrogen (secondary N) is 1.